The Morgan fingerprint density at radius 1 is 1.14 bits per heavy atom. The third kappa shape index (κ3) is 4.52. The van der Waals surface area contributed by atoms with E-state index in [1.165, 1.54) is 6.07 Å². The van der Waals surface area contributed by atoms with Gasteiger partial charge in [0.1, 0.15) is 22.7 Å². The molecule has 0 aliphatic rings. The highest BCUT2D eigenvalue weighted by Crippen LogP contribution is 2.27. The second-order valence-corrected chi connectivity index (χ2v) is 6.02. The topological polar surface area (TPSA) is 99.0 Å². The molecular formula is C18H24FN7O2. The van der Waals surface area contributed by atoms with Crippen molar-refractivity contribution in [2.45, 2.75) is 19.9 Å². The Morgan fingerprint density at radius 2 is 1.96 bits per heavy atom. The van der Waals surface area contributed by atoms with E-state index in [0.29, 0.717) is 43.9 Å². The first kappa shape index (κ1) is 19.9. The van der Waals surface area contributed by atoms with Crippen LogP contribution in [0.3, 0.4) is 0 Å². The van der Waals surface area contributed by atoms with E-state index < -0.39 is 5.82 Å². The van der Waals surface area contributed by atoms with E-state index >= 15 is 0 Å². The largest absolute Gasteiger partial charge is 0.383 e. The van der Waals surface area contributed by atoms with Crippen LogP contribution in [-0.4, -0.2) is 58.7 Å². The first-order valence-corrected chi connectivity index (χ1v) is 9.04. The van der Waals surface area contributed by atoms with Crippen molar-refractivity contribution in [2.75, 3.05) is 44.6 Å². The zero-order valence-corrected chi connectivity index (χ0v) is 16.2. The first-order chi connectivity index (χ1) is 13.7. The highest BCUT2D eigenvalue weighted by atomic mass is 19.1. The molecule has 0 atom stereocenters. The molecule has 28 heavy (non-hydrogen) atoms. The molecule has 3 heterocycles. The first-order valence-electron chi connectivity index (χ1n) is 9.04. The molecule has 0 bridgehead atoms. The monoisotopic (exact) mass is 389 g/mol. The van der Waals surface area contributed by atoms with Gasteiger partial charge in [-0.25, -0.2) is 14.4 Å². The van der Waals surface area contributed by atoms with Crippen LogP contribution in [0.15, 0.2) is 18.3 Å². The number of aryl methyl sites for hydroxylation is 1. The van der Waals surface area contributed by atoms with Crippen molar-refractivity contribution >= 4 is 28.6 Å². The van der Waals surface area contributed by atoms with Crippen LogP contribution < -0.4 is 10.6 Å². The number of nitrogens with one attached hydrogen (secondary N) is 2. The van der Waals surface area contributed by atoms with Gasteiger partial charge in [-0.1, -0.05) is 6.92 Å². The van der Waals surface area contributed by atoms with Gasteiger partial charge in [0.05, 0.1) is 31.6 Å². The van der Waals surface area contributed by atoms with Gasteiger partial charge >= 0.3 is 0 Å². The number of ether oxygens (including phenoxy) is 2. The van der Waals surface area contributed by atoms with Gasteiger partial charge in [0.2, 0.25) is 5.95 Å². The van der Waals surface area contributed by atoms with Gasteiger partial charge < -0.3 is 20.1 Å². The van der Waals surface area contributed by atoms with E-state index in [1.54, 1.807) is 20.3 Å². The normalized spacial score (nSPS) is 11.1. The van der Waals surface area contributed by atoms with Crippen LogP contribution in [0.1, 0.15) is 12.6 Å². The molecule has 0 amide bonds. The molecule has 10 heteroatoms. The van der Waals surface area contributed by atoms with Crippen molar-refractivity contribution < 1.29 is 13.9 Å². The zero-order chi connectivity index (χ0) is 19.9. The number of halogens is 1. The van der Waals surface area contributed by atoms with E-state index in [2.05, 4.69) is 30.7 Å². The third-order valence-electron chi connectivity index (χ3n) is 4.06. The highest BCUT2D eigenvalue weighted by molar-refractivity contribution is 5.90. The average molecular weight is 389 g/mol. The molecule has 2 N–H and O–H groups in total. The fourth-order valence-electron chi connectivity index (χ4n) is 2.72. The lowest BCUT2D eigenvalue weighted by Gasteiger charge is -2.11. The predicted molar refractivity (Wildman–Crippen MR) is 104 cm³/mol. The predicted octanol–water partition coefficient (Wildman–Crippen LogP) is 2.37. The summed E-state index contributed by atoms with van der Waals surface area (Å²) in [6.07, 6.45) is 1.87. The van der Waals surface area contributed by atoms with E-state index in [9.17, 15) is 4.39 Å². The van der Waals surface area contributed by atoms with Crippen LogP contribution in [0, 0.1) is 5.82 Å². The maximum absolute atomic E-state index is 13.2. The van der Waals surface area contributed by atoms with Crippen LogP contribution in [0.2, 0.25) is 0 Å². The molecular weight excluding hydrogens is 365 g/mol. The maximum Gasteiger partial charge on any atom is 0.225 e. The van der Waals surface area contributed by atoms with Gasteiger partial charge in [0.15, 0.2) is 5.82 Å². The van der Waals surface area contributed by atoms with Crippen LogP contribution in [0.4, 0.5) is 22.0 Å². The molecule has 0 saturated heterocycles. The number of pyridine rings is 1. The number of rotatable bonds is 10. The molecule has 0 aliphatic carbocycles. The third-order valence-corrected chi connectivity index (χ3v) is 4.06. The number of hydrogen-bond acceptors (Lipinski definition) is 8. The lowest BCUT2D eigenvalue weighted by Crippen LogP contribution is -2.12. The Labute approximate surface area is 162 Å². The van der Waals surface area contributed by atoms with E-state index in [-0.39, 0.29) is 0 Å². The molecule has 150 valence electrons. The van der Waals surface area contributed by atoms with Gasteiger partial charge in [0.25, 0.3) is 0 Å². The lowest BCUT2D eigenvalue weighted by molar-refractivity contribution is 0.184. The second kappa shape index (κ2) is 9.38. The minimum atomic E-state index is -0.404. The van der Waals surface area contributed by atoms with E-state index in [0.717, 1.165) is 29.3 Å². The van der Waals surface area contributed by atoms with Crippen LogP contribution >= 0.6 is 0 Å². The summed E-state index contributed by atoms with van der Waals surface area (Å²) in [7, 11) is 3.27. The molecule has 0 fully saturated rings. The van der Waals surface area contributed by atoms with Crippen molar-refractivity contribution in [1.29, 1.82) is 0 Å². The number of methoxy groups -OCH3 is 2. The van der Waals surface area contributed by atoms with Gasteiger partial charge in [0, 0.05) is 20.8 Å². The molecule has 3 aromatic rings. The Balaban J connectivity index is 2.06. The summed E-state index contributed by atoms with van der Waals surface area (Å²) in [5.74, 6) is 1.06. The quantitative estimate of drug-likeness (QED) is 0.510. The van der Waals surface area contributed by atoms with Gasteiger partial charge in [-0.05, 0) is 18.6 Å². The molecule has 9 nitrogen and oxygen atoms in total. The average Bonchev–Trinajstić information content (AvgIpc) is 3.06. The van der Waals surface area contributed by atoms with Crippen molar-refractivity contribution in [3.8, 4) is 0 Å². The Hall–Kier alpha value is -2.85. The molecule has 0 aliphatic heterocycles. The number of hydrogen-bond donors (Lipinski definition) is 2. The number of aromatic nitrogens is 5. The maximum atomic E-state index is 13.2. The van der Waals surface area contributed by atoms with Crippen LogP contribution in [0.25, 0.3) is 11.0 Å². The molecule has 3 aromatic heterocycles. The van der Waals surface area contributed by atoms with Gasteiger partial charge in [-0.3, -0.25) is 4.68 Å². The summed E-state index contributed by atoms with van der Waals surface area (Å²) in [5, 5.41) is 11.0. The van der Waals surface area contributed by atoms with Crippen LogP contribution in [0.5, 0.6) is 0 Å². The van der Waals surface area contributed by atoms with Crippen molar-refractivity contribution in [3.63, 3.8) is 0 Å². The number of nitrogens with zero attached hydrogens (tertiary/aromatic N) is 5. The lowest BCUT2D eigenvalue weighted by atomic mass is 10.3. The SMILES string of the molecule is CCc1nn(CCOC)c2c(Nc3ccc(F)cn3)nc(NCCOC)nc12. The number of anilines is 3. The van der Waals surface area contributed by atoms with Gasteiger partial charge in [-0.15, -0.1) is 0 Å². The summed E-state index contributed by atoms with van der Waals surface area (Å²) >= 11 is 0. The molecule has 0 radical (unpaired) electrons. The highest BCUT2D eigenvalue weighted by Gasteiger charge is 2.18. The van der Waals surface area contributed by atoms with Crippen molar-refractivity contribution in [2.24, 2.45) is 0 Å². The van der Waals surface area contributed by atoms with Crippen LogP contribution in [-0.2, 0) is 22.4 Å². The zero-order valence-electron chi connectivity index (χ0n) is 16.2. The Bertz CT molecular complexity index is 914. The summed E-state index contributed by atoms with van der Waals surface area (Å²) in [4.78, 5) is 13.3. The minimum absolute atomic E-state index is 0.404. The van der Waals surface area contributed by atoms with E-state index in [1.807, 2.05) is 11.6 Å². The summed E-state index contributed by atoms with van der Waals surface area (Å²) in [6, 6.07) is 2.89. The minimum Gasteiger partial charge on any atom is -0.383 e. The van der Waals surface area contributed by atoms with Crippen molar-refractivity contribution in [1.82, 2.24) is 24.7 Å². The summed E-state index contributed by atoms with van der Waals surface area (Å²) in [6.45, 7) is 4.17. The number of fused-ring (bicyclic) bond motifs is 1. The molecule has 0 aromatic carbocycles. The fraction of sp³-hybridized carbons (Fsp3) is 0.444. The summed E-state index contributed by atoms with van der Waals surface area (Å²) in [5.41, 5.74) is 2.36. The molecule has 0 spiro atoms. The Morgan fingerprint density at radius 3 is 2.64 bits per heavy atom. The molecule has 3 rings (SSSR count). The van der Waals surface area contributed by atoms with Crippen molar-refractivity contribution in [3.05, 3.63) is 29.8 Å². The molecule has 0 saturated carbocycles. The Kier molecular flexibility index (Phi) is 6.66. The standard InChI is InChI=1S/C18H24FN7O2/c1-4-13-15-16(26(25-13)8-10-28-3)17(22-14-6-5-12(19)11-21-14)24-18(23-15)20-7-9-27-2/h5-6,11H,4,7-10H2,1-3H3,(H2,20,21,22,23,24). The van der Waals surface area contributed by atoms with E-state index in [4.69, 9.17) is 9.47 Å². The molecule has 0 unspecified atom stereocenters. The summed E-state index contributed by atoms with van der Waals surface area (Å²) < 4.78 is 25.3. The smallest absolute Gasteiger partial charge is 0.225 e. The van der Waals surface area contributed by atoms with Gasteiger partial charge in [-0.2, -0.15) is 10.1 Å². The fourth-order valence-corrected chi connectivity index (χ4v) is 2.72. The second-order valence-electron chi connectivity index (χ2n) is 6.02.